The van der Waals surface area contributed by atoms with Crippen molar-refractivity contribution in [2.75, 3.05) is 33.2 Å². The second-order valence-electron chi connectivity index (χ2n) is 7.72. The van der Waals surface area contributed by atoms with Crippen LogP contribution in [0.3, 0.4) is 0 Å². The van der Waals surface area contributed by atoms with Crippen molar-refractivity contribution in [1.82, 2.24) is 0 Å². The number of carbonyl (C=O) groups is 1. The highest BCUT2D eigenvalue weighted by molar-refractivity contribution is 6.08. The van der Waals surface area contributed by atoms with E-state index in [4.69, 9.17) is 24.7 Å². The maximum atomic E-state index is 13.4. The molecule has 0 heterocycles. The molecule has 3 aromatic carbocycles. The number of methoxy groups -OCH3 is 3. The molecule has 0 saturated carbocycles. The molecule has 0 aliphatic carbocycles. The van der Waals surface area contributed by atoms with Crippen molar-refractivity contribution in [3.63, 3.8) is 0 Å². The maximum Gasteiger partial charge on any atom is 0.259 e. The molecule has 0 radical (unpaired) electrons. The summed E-state index contributed by atoms with van der Waals surface area (Å²) in [7, 11) is 4.48. The third-order valence-corrected chi connectivity index (χ3v) is 5.58. The first-order valence-electron chi connectivity index (χ1n) is 11.2. The van der Waals surface area contributed by atoms with Crippen LogP contribution in [0.1, 0.15) is 34.0 Å². The van der Waals surface area contributed by atoms with E-state index < -0.39 is 0 Å². The molecule has 0 aliphatic rings. The van der Waals surface area contributed by atoms with Gasteiger partial charge in [0.2, 0.25) is 11.5 Å². The summed E-state index contributed by atoms with van der Waals surface area (Å²) in [6, 6.07) is 15.1. The first-order valence-corrected chi connectivity index (χ1v) is 11.2. The van der Waals surface area contributed by atoms with E-state index in [0.717, 1.165) is 35.2 Å². The topological polar surface area (TPSA) is 92.0 Å². The van der Waals surface area contributed by atoms with Crippen LogP contribution in [0.25, 0.3) is 0 Å². The van der Waals surface area contributed by atoms with Gasteiger partial charge in [0.1, 0.15) is 5.75 Å². The minimum atomic E-state index is -0.343. The molecule has 3 N–H and O–H groups in total. The Morgan fingerprint density at radius 2 is 1.62 bits per heavy atom. The van der Waals surface area contributed by atoms with Crippen molar-refractivity contribution in [2.24, 2.45) is 5.73 Å². The fraction of sp³-hybridized carbons (Fsp3) is 0.296. The van der Waals surface area contributed by atoms with Gasteiger partial charge in [-0.2, -0.15) is 0 Å². The fourth-order valence-corrected chi connectivity index (χ4v) is 3.83. The summed E-state index contributed by atoms with van der Waals surface area (Å²) in [5.41, 5.74) is 9.81. The molecule has 0 aliphatic heterocycles. The second kappa shape index (κ2) is 11.4. The summed E-state index contributed by atoms with van der Waals surface area (Å²) >= 11 is 0. The minimum Gasteiger partial charge on any atom is -0.492 e. The standard InChI is InChI=1S/C27H32N2O5/c1-6-19-9-7-8-17(2)23(19)29-27(30)21-16-22(25(32-4)26(33-5)24(21)31-3)34-20-12-10-18(11-13-20)14-15-28/h7-13,16H,6,14-15,28H2,1-5H3,(H,29,30). The molecule has 7 nitrogen and oxygen atoms in total. The number of hydrogen-bond acceptors (Lipinski definition) is 6. The van der Waals surface area contributed by atoms with Crippen molar-refractivity contribution in [2.45, 2.75) is 26.7 Å². The molecule has 0 spiro atoms. The van der Waals surface area contributed by atoms with E-state index in [9.17, 15) is 4.79 Å². The number of carbonyl (C=O) groups excluding carboxylic acids is 1. The SMILES string of the molecule is CCc1cccc(C)c1NC(=O)c1cc(Oc2ccc(CCN)cc2)c(OC)c(OC)c1OC. The Morgan fingerprint density at radius 1 is 0.941 bits per heavy atom. The summed E-state index contributed by atoms with van der Waals surface area (Å²) in [6.45, 7) is 4.58. The molecule has 3 aromatic rings. The van der Waals surface area contributed by atoms with E-state index in [0.29, 0.717) is 23.8 Å². The number of nitrogens with two attached hydrogens (primary N) is 1. The van der Waals surface area contributed by atoms with Crippen LogP contribution in [0, 0.1) is 6.92 Å². The van der Waals surface area contributed by atoms with Crippen molar-refractivity contribution >= 4 is 11.6 Å². The van der Waals surface area contributed by atoms with Crippen LogP contribution in [-0.2, 0) is 12.8 Å². The van der Waals surface area contributed by atoms with Gasteiger partial charge in [0.15, 0.2) is 11.5 Å². The highest BCUT2D eigenvalue weighted by atomic mass is 16.5. The smallest absolute Gasteiger partial charge is 0.259 e. The van der Waals surface area contributed by atoms with Crippen molar-refractivity contribution in [3.8, 4) is 28.7 Å². The first-order chi connectivity index (χ1) is 16.5. The number of ether oxygens (including phenoxy) is 4. The van der Waals surface area contributed by atoms with Gasteiger partial charge >= 0.3 is 0 Å². The number of aryl methyl sites for hydroxylation is 2. The summed E-state index contributed by atoms with van der Waals surface area (Å²) in [6.07, 6.45) is 1.57. The van der Waals surface area contributed by atoms with Gasteiger partial charge in [-0.1, -0.05) is 37.3 Å². The Labute approximate surface area is 200 Å². The van der Waals surface area contributed by atoms with E-state index in [-0.39, 0.29) is 23.0 Å². The molecule has 0 fully saturated rings. The maximum absolute atomic E-state index is 13.4. The number of para-hydroxylation sites is 1. The lowest BCUT2D eigenvalue weighted by molar-refractivity contribution is 0.102. The van der Waals surface area contributed by atoms with Crippen LogP contribution in [-0.4, -0.2) is 33.8 Å². The number of anilines is 1. The number of hydrogen-bond donors (Lipinski definition) is 2. The third kappa shape index (κ3) is 5.26. The summed E-state index contributed by atoms with van der Waals surface area (Å²) in [4.78, 5) is 13.4. The zero-order valence-electron chi connectivity index (χ0n) is 20.4. The van der Waals surface area contributed by atoms with Gasteiger partial charge in [-0.3, -0.25) is 4.79 Å². The zero-order chi connectivity index (χ0) is 24.7. The van der Waals surface area contributed by atoms with Crippen LogP contribution < -0.4 is 30.0 Å². The van der Waals surface area contributed by atoms with Gasteiger partial charge in [-0.25, -0.2) is 0 Å². The summed E-state index contributed by atoms with van der Waals surface area (Å²) < 4.78 is 22.8. The summed E-state index contributed by atoms with van der Waals surface area (Å²) in [5.74, 6) is 1.43. The molecular formula is C27H32N2O5. The predicted molar refractivity (Wildman–Crippen MR) is 134 cm³/mol. The Kier molecular flexibility index (Phi) is 8.38. The normalized spacial score (nSPS) is 10.5. The van der Waals surface area contributed by atoms with Gasteiger partial charge in [-0.15, -0.1) is 0 Å². The lowest BCUT2D eigenvalue weighted by Crippen LogP contribution is -2.16. The van der Waals surface area contributed by atoms with Crippen LogP contribution in [0.5, 0.6) is 28.7 Å². The van der Waals surface area contributed by atoms with Gasteiger partial charge in [0.25, 0.3) is 5.91 Å². The van der Waals surface area contributed by atoms with Crippen LogP contribution in [0.4, 0.5) is 5.69 Å². The molecule has 0 saturated heterocycles. The molecule has 34 heavy (non-hydrogen) atoms. The first kappa shape index (κ1) is 24.9. The average molecular weight is 465 g/mol. The molecule has 0 bridgehead atoms. The van der Waals surface area contributed by atoms with Gasteiger partial charge in [0, 0.05) is 11.8 Å². The van der Waals surface area contributed by atoms with Crippen molar-refractivity contribution in [1.29, 1.82) is 0 Å². The Balaban J connectivity index is 2.05. The van der Waals surface area contributed by atoms with Gasteiger partial charge in [-0.05, 0) is 55.1 Å². The largest absolute Gasteiger partial charge is 0.492 e. The van der Waals surface area contributed by atoms with E-state index >= 15 is 0 Å². The third-order valence-electron chi connectivity index (χ3n) is 5.58. The quantitative estimate of drug-likeness (QED) is 0.432. The lowest BCUT2D eigenvalue weighted by atomic mass is 10.0. The monoisotopic (exact) mass is 464 g/mol. The average Bonchev–Trinajstić information content (AvgIpc) is 2.85. The number of benzene rings is 3. The van der Waals surface area contributed by atoms with E-state index in [1.807, 2.05) is 56.3 Å². The van der Waals surface area contributed by atoms with E-state index in [1.165, 1.54) is 21.3 Å². The minimum absolute atomic E-state index is 0.258. The number of amides is 1. The highest BCUT2D eigenvalue weighted by Gasteiger charge is 2.26. The van der Waals surface area contributed by atoms with Crippen LogP contribution in [0.15, 0.2) is 48.5 Å². The lowest BCUT2D eigenvalue weighted by Gasteiger charge is -2.20. The van der Waals surface area contributed by atoms with Gasteiger partial charge < -0.3 is 30.0 Å². The van der Waals surface area contributed by atoms with E-state index in [2.05, 4.69) is 5.32 Å². The van der Waals surface area contributed by atoms with Gasteiger partial charge in [0.05, 0.1) is 26.9 Å². The Hall–Kier alpha value is -3.71. The van der Waals surface area contributed by atoms with Crippen LogP contribution in [0.2, 0.25) is 0 Å². The van der Waals surface area contributed by atoms with Crippen molar-refractivity contribution in [3.05, 3.63) is 70.8 Å². The Bertz CT molecular complexity index is 1140. The fourth-order valence-electron chi connectivity index (χ4n) is 3.83. The van der Waals surface area contributed by atoms with E-state index in [1.54, 1.807) is 6.07 Å². The highest BCUT2D eigenvalue weighted by Crippen LogP contribution is 2.48. The molecule has 0 unspecified atom stereocenters. The number of nitrogens with one attached hydrogen (secondary N) is 1. The van der Waals surface area contributed by atoms with Crippen LogP contribution >= 0.6 is 0 Å². The molecule has 7 heteroatoms. The second-order valence-corrected chi connectivity index (χ2v) is 7.72. The molecular weight excluding hydrogens is 432 g/mol. The Morgan fingerprint density at radius 3 is 2.21 bits per heavy atom. The zero-order valence-corrected chi connectivity index (χ0v) is 20.4. The number of rotatable bonds is 10. The van der Waals surface area contributed by atoms with Crippen molar-refractivity contribution < 1.29 is 23.7 Å². The molecule has 0 atom stereocenters. The molecule has 180 valence electrons. The molecule has 1 amide bonds. The molecule has 0 aromatic heterocycles. The molecule has 3 rings (SSSR count). The predicted octanol–water partition coefficient (Wildman–Crippen LogP) is 5.13. The summed E-state index contributed by atoms with van der Waals surface area (Å²) in [5, 5.41) is 3.04.